The molecular formula is C24H19F3NO3PS. The zero-order valence-corrected chi connectivity index (χ0v) is 18.8. The van der Waals surface area contributed by atoms with Gasteiger partial charge >= 0.3 is 5.51 Å². The van der Waals surface area contributed by atoms with Gasteiger partial charge in [-0.1, -0.05) is 54.6 Å². The summed E-state index contributed by atoms with van der Waals surface area (Å²) in [7, 11) is -8.04. The molecule has 0 atom stereocenters. The van der Waals surface area contributed by atoms with Crippen LogP contribution in [0.1, 0.15) is 0 Å². The van der Waals surface area contributed by atoms with Crippen molar-refractivity contribution in [1.82, 2.24) is 4.98 Å². The molecule has 0 radical (unpaired) electrons. The van der Waals surface area contributed by atoms with Crippen molar-refractivity contribution in [3.05, 3.63) is 116 Å². The van der Waals surface area contributed by atoms with Crippen molar-refractivity contribution < 1.29 is 26.1 Å². The van der Waals surface area contributed by atoms with E-state index in [1.807, 2.05) is 12.4 Å². The van der Waals surface area contributed by atoms with Gasteiger partial charge in [0.2, 0.25) is 0 Å². The average molecular weight is 489 g/mol. The number of benzene rings is 3. The van der Waals surface area contributed by atoms with E-state index in [-0.39, 0.29) is 0 Å². The number of nitrogens with zero attached hydrogens (tertiary/aromatic N) is 1. The van der Waals surface area contributed by atoms with Gasteiger partial charge in [-0.3, -0.25) is 4.98 Å². The van der Waals surface area contributed by atoms with Crippen LogP contribution in [-0.4, -0.2) is 23.5 Å². The second-order valence-electron chi connectivity index (χ2n) is 6.78. The molecule has 1 heterocycles. The van der Waals surface area contributed by atoms with Gasteiger partial charge in [0.25, 0.3) is 0 Å². The molecule has 0 aliphatic rings. The van der Waals surface area contributed by atoms with Crippen molar-refractivity contribution >= 4 is 38.6 Å². The predicted octanol–water partition coefficient (Wildman–Crippen LogP) is 3.75. The molecular weight excluding hydrogens is 470 g/mol. The Hall–Kier alpha value is -3.06. The first kappa shape index (κ1) is 24.6. The van der Waals surface area contributed by atoms with E-state index in [0.717, 1.165) is 0 Å². The zero-order chi connectivity index (χ0) is 24.0. The normalized spacial score (nSPS) is 11.9. The molecule has 0 aliphatic carbocycles. The summed E-state index contributed by atoms with van der Waals surface area (Å²) in [5, 5.41) is 5.40. The highest BCUT2D eigenvalue weighted by Gasteiger charge is 2.47. The summed E-state index contributed by atoms with van der Waals surface area (Å²) >= 11 is 0. The highest BCUT2D eigenvalue weighted by atomic mass is 32.2. The Kier molecular flexibility index (Phi) is 7.64. The molecule has 0 saturated carbocycles. The fourth-order valence-electron chi connectivity index (χ4n) is 3.42. The van der Waals surface area contributed by atoms with Crippen LogP contribution in [-0.2, 0) is 10.1 Å². The van der Waals surface area contributed by atoms with E-state index in [4.69, 9.17) is 13.0 Å². The van der Waals surface area contributed by atoms with Gasteiger partial charge in [-0.25, -0.2) is 8.42 Å². The van der Waals surface area contributed by atoms with E-state index in [1.54, 1.807) is 0 Å². The van der Waals surface area contributed by atoms with Crippen LogP contribution in [0, 0.1) is 0 Å². The van der Waals surface area contributed by atoms with Crippen LogP contribution in [0.3, 0.4) is 0 Å². The zero-order valence-electron chi connectivity index (χ0n) is 17.1. The second-order valence-corrected chi connectivity index (χ2v) is 11.6. The van der Waals surface area contributed by atoms with Gasteiger partial charge in [-0.05, 0) is 48.5 Å². The van der Waals surface area contributed by atoms with Gasteiger partial charge in [0.15, 0.2) is 10.1 Å². The molecule has 33 heavy (non-hydrogen) atoms. The molecule has 0 saturated heterocycles. The molecule has 4 aromatic rings. The molecule has 4 rings (SSSR count). The smallest absolute Gasteiger partial charge is 0.485 e. The first-order chi connectivity index (χ1) is 15.7. The van der Waals surface area contributed by atoms with E-state index < -0.39 is 22.9 Å². The number of alkyl halides is 3. The van der Waals surface area contributed by atoms with Crippen molar-refractivity contribution in [3.63, 3.8) is 0 Å². The van der Waals surface area contributed by atoms with Gasteiger partial charge < -0.3 is 4.55 Å². The molecule has 1 aromatic heterocycles. The largest absolute Gasteiger partial charge is 0.741 e. The standard InChI is InChI=1S/C23H19NP.CHF3O3S/c1-4-10-20(11-5-1)25(21-12-6-2-7-13-21,22-14-8-3-9-15-22)23-16-18-24-19-17-23;2-1(3,4)8(5,6)7/h1-19H;(H,5,6,7)/q+1;/p-1. The van der Waals surface area contributed by atoms with Crippen molar-refractivity contribution in [2.75, 3.05) is 0 Å². The maximum atomic E-state index is 10.7. The fraction of sp³-hybridized carbons (Fsp3) is 0.0417. The molecule has 4 nitrogen and oxygen atoms in total. The highest BCUT2D eigenvalue weighted by Crippen LogP contribution is 2.53. The van der Waals surface area contributed by atoms with Crippen molar-refractivity contribution in [3.8, 4) is 0 Å². The van der Waals surface area contributed by atoms with Crippen LogP contribution in [0.15, 0.2) is 116 Å². The Bertz CT molecular complexity index is 1090. The van der Waals surface area contributed by atoms with Crippen LogP contribution >= 0.6 is 7.26 Å². The number of hydrogen-bond donors (Lipinski definition) is 0. The van der Waals surface area contributed by atoms with Crippen molar-refractivity contribution in [1.29, 1.82) is 0 Å². The minimum absolute atomic E-state index is 1.33. The van der Waals surface area contributed by atoms with E-state index in [0.29, 0.717) is 0 Å². The summed E-state index contributed by atoms with van der Waals surface area (Å²) in [6, 6.07) is 37.0. The van der Waals surface area contributed by atoms with Crippen LogP contribution in [0.4, 0.5) is 13.2 Å². The van der Waals surface area contributed by atoms with E-state index in [2.05, 4.69) is 108 Å². The Morgan fingerprint density at radius 2 is 0.879 bits per heavy atom. The minimum Gasteiger partial charge on any atom is -0.741 e. The lowest BCUT2D eigenvalue weighted by Crippen LogP contribution is -2.38. The summed E-state index contributed by atoms with van der Waals surface area (Å²) in [5.41, 5.74) is -5.65. The second kappa shape index (κ2) is 10.3. The lowest BCUT2D eigenvalue weighted by atomic mass is 10.3. The minimum atomic E-state index is -6.09. The average Bonchev–Trinajstić information content (AvgIpc) is 2.82. The molecule has 0 spiro atoms. The third-order valence-electron chi connectivity index (χ3n) is 4.76. The molecule has 9 heteroatoms. The lowest BCUT2D eigenvalue weighted by molar-refractivity contribution is -0.0517. The number of aromatic nitrogens is 1. The van der Waals surface area contributed by atoms with Crippen LogP contribution < -0.4 is 21.2 Å². The number of rotatable bonds is 4. The fourth-order valence-corrected chi connectivity index (χ4v) is 7.64. The number of hydrogen-bond acceptors (Lipinski definition) is 4. The Balaban J connectivity index is 0.000000331. The third kappa shape index (κ3) is 5.47. The van der Waals surface area contributed by atoms with Gasteiger partial charge in [0.1, 0.15) is 28.5 Å². The molecule has 3 aromatic carbocycles. The van der Waals surface area contributed by atoms with E-state index in [9.17, 15) is 13.2 Å². The van der Waals surface area contributed by atoms with E-state index >= 15 is 0 Å². The SMILES string of the molecule is O=S(=O)([O-])C(F)(F)F.c1ccc([P+](c2ccccc2)(c2ccccc2)c2ccncc2)cc1. The predicted molar refractivity (Wildman–Crippen MR) is 125 cm³/mol. The van der Waals surface area contributed by atoms with Gasteiger partial charge in [-0.15, -0.1) is 0 Å². The van der Waals surface area contributed by atoms with Crippen molar-refractivity contribution in [2.45, 2.75) is 5.51 Å². The Morgan fingerprint density at radius 3 is 1.15 bits per heavy atom. The topological polar surface area (TPSA) is 70.1 Å². The third-order valence-corrected chi connectivity index (χ3v) is 9.62. The summed E-state index contributed by atoms with van der Waals surface area (Å²) in [5.74, 6) is 0. The lowest BCUT2D eigenvalue weighted by Gasteiger charge is -2.27. The Labute approximate surface area is 190 Å². The quantitative estimate of drug-likeness (QED) is 0.249. The van der Waals surface area contributed by atoms with Gasteiger partial charge in [0, 0.05) is 12.4 Å². The summed E-state index contributed by atoms with van der Waals surface area (Å²) in [4.78, 5) is 4.26. The van der Waals surface area contributed by atoms with Crippen LogP contribution in [0.25, 0.3) is 0 Å². The first-order valence-corrected chi connectivity index (χ1v) is 12.9. The summed E-state index contributed by atoms with van der Waals surface area (Å²) < 4.78 is 58.9. The monoisotopic (exact) mass is 489 g/mol. The molecule has 0 fully saturated rings. The molecule has 0 unspecified atom stereocenters. The van der Waals surface area contributed by atoms with Crippen LogP contribution in [0.2, 0.25) is 0 Å². The molecule has 170 valence electrons. The van der Waals surface area contributed by atoms with E-state index in [1.165, 1.54) is 21.2 Å². The highest BCUT2D eigenvalue weighted by molar-refractivity contribution is 8.01. The number of halogens is 3. The van der Waals surface area contributed by atoms with Crippen molar-refractivity contribution in [2.24, 2.45) is 0 Å². The van der Waals surface area contributed by atoms with Gasteiger partial charge in [-0.2, -0.15) is 13.2 Å². The molecule has 0 N–H and O–H groups in total. The maximum Gasteiger partial charge on any atom is 0.485 e. The Morgan fingerprint density at radius 1 is 0.606 bits per heavy atom. The first-order valence-electron chi connectivity index (χ1n) is 9.66. The number of pyridine rings is 1. The van der Waals surface area contributed by atoms with Gasteiger partial charge in [0.05, 0.1) is 0 Å². The van der Waals surface area contributed by atoms with Crippen LogP contribution in [0.5, 0.6) is 0 Å². The summed E-state index contributed by atoms with van der Waals surface area (Å²) in [6.45, 7) is 0. The molecule has 0 amide bonds. The maximum absolute atomic E-state index is 10.7. The molecule has 0 aliphatic heterocycles. The summed E-state index contributed by atoms with van der Waals surface area (Å²) in [6.07, 6.45) is 3.80. The molecule has 0 bridgehead atoms.